The van der Waals surface area contributed by atoms with Crippen molar-refractivity contribution in [2.24, 2.45) is 0 Å². The quantitative estimate of drug-likeness (QED) is 0.349. The molecule has 32 heavy (non-hydrogen) atoms. The Labute approximate surface area is 196 Å². The summed E-state index contributed by atoms with van der Waals surface area (Å²) in [5, 5.41) is 6.76. The molecule has 2 N–H and O–H groups in total. The summed E-state index contributed by atoms with van der Waals surface area (Å²) in [6, 6.07) is 11.2. The third-order valence-corrected chi connectivity index (χ3v) is 5.06. The number of nitrogens with one attached hydrogen (secondary N) is 2. The number of carbonyl (C=O) groups is 1. The summed E-state index contributed by atoms with van der Waals surface area (Å²) in [5.74, 6) is 0.767. The number of hydrogen-bond donors (Lipinski definition) is 2. The molecule has 0 bridgehead atoms. The van der Waals surface area contributed by atoms with Crippen molar-refractivity contribution in [2.45, 2.75) is 46.6 Å². The van der Waals surface area contributed by atoms with Crippen molar-refractivity contribution in [2.75, 3.05) is 38.3 Å². The van der Waals surface area contributed by atoms with E-state index < -0.39 is 0 Å². The summed E-state index contributed by atoms with van der Waals surface area (Å²) in [4.78, 5) is 12.2. The van der Waals surface area contributed by atoms with Gasteiger partial charge in [-0.2, -0.15) is 0 Å². The van der Waals surface area contributed by atoms with Gasteiger partial charge in [0.1, 0.15) is 0 Å². The third-order valence-electron chi connectivity index (χ3n) is 4.71. The SMILES string of the molecule is CCCCOCCCNCc1cc(OCC)c(OCC(=O)Nc2ccc(C)cc2)cc1Cl. The Morgan fingerprint density at radius 2 is 1.72 bits per heavy atom. The largest absolute Gasteiger partial charge is 0.490 e. The molecule has 0 atom stereocenters. The molecule has 0 aliphatic heterocycles. The van der Waals surface area contributed by atoms with Crippen molar-refractivity contribution >= 4 is 23.2 Å². The number of halogens is 1. The van der Waals surface area contributed by atoms with Crippen molar-refractivity contribution in [1.29, 1.82) is 0 Å². The van der Waals surface area contributed by atoms with Crippen molar-refractivity contribution in [1.82, 2.24) is 5.32 Å². The summed E-state index contributed by atoms with van der Waals surface area (Å²) in [6.07, 6.45) is 3.19. The molecule has 0 aliphatic rings. The Morgan fingerprint density at radius 3 is 2.44 bits per heavy atom. The second-order valence-corrected chi connectivity index (χ2v) is 7.93. The first-order valence-electron chi connectivity index (χ1n) is 11.3. The van der Waals surface area contributed by atoms with Crippen LogP contribution in [0.5, 0.6) is 11.5 Å². The van der Waals surface area contributed by atoms with Gasteiger partial charge in [-0.1, -0.05) is 42.6 Å². The van der Waals surface area contributed by atoms with Crippen LogP contribution in [0.4, 0.5) is 5.69 Å². The number of carbonyl (C=O) groups excluding carboxylic acids is 1. The van der Waals surface area contributed by atoms with E-state index in [0.29, 0.717) is 29.7 Å². The van der Waals surface area contributed by atoms with E-state index in [0.717, 1.165) is 55.8 Å². The van der Waals surface area contributed by atoms with E-state index in [-0.39, 0.29) is 12.5 Å². The predicted molar refractivity (Wildman–Crippen MR) is 130 cm³/mol. The average Bonchev–Trinajstić information content (AvgIpc) is 2.78. The highest BCUT2D eigenvalue weighted by Gasteiger charge is 2.13. The zero-order valence-electron chi connectivity index (χ0n) is 19.3. The van der Waals surface area contributed by atoms with Crippen LogP contribution in [0.15, 0.2) is 36.4 Å². The lowest BCUT2D eigenvalue weighted by Crippen LogP contribution is -2.20. The maximum atomic E-state index is 12.2. The number of amides is 1. The highest BCUT2D eigenvalue weighted by Crippen LogP contribution is 2.33. The van der Waals surface area contributed by atoms with Gasteiger partial charge < -0.3 is 24.8 Å². The summed E-state index contributed by atoms with van der Waals surface area (Å²) in [5.41, 5.74) is 2.77. The molecule has 176 valence electrons. The van der Waals surface area contributed by atoms with Gasteiger partial charge in [0.15, 0.2) is 18.1 Å². The lowest BCUT2D eigenvalue weighted by atomic mass is 10.2. The molecule has 0 fully saturated rings. The molecule has 0 heterocycles. The van der Waals surface area contributed by atoms with E-state index in [1.807, 2.05) is 44.2 Å². The van der Waals surface area contributed by atoms with E-state index in [1.54, 1.807) is 6.07 Å². The predicted octanol–water partition coefficient (Wildman–Crippen LogP) is 5.36. The minimum absolute atomic E-state index is 0.139. The molecular weight excluding hydrogens is 428 g/mol. The van der Waals surface area contributed by atoms with Crippen LogP contribution in [-0.2, 0) is 16.1 Å². The maximum Gasteiger partial charge on any atom is 0.262 e. The fraction of sp³-hybridized carbons (Fsp3) is 0.480. The topological polar surface area (TPSA) is 68.8 Å². The first-order valence-corrected chi connectivity index (χ1v) is 11.6. The molecule has 0 unspecified atom stereocenters. The van der Waals surface area contributed by atoms with Crippen LogP contribution in [0.2, 0.25) is 5.02 Å². The van der Waals surface area contributed by atoms with Crippen molar-refractivity contribution in [3.63, 3.8) is 0 Å². The van der Waals surface area contributed by atoms with Crippen LogP contribution in [0.3, 0.4) is 0 Å². The summed E-state index contributed by atoms with van der Waals surface area (Å²) < 4.78 is 17.0. The number of hydrogen-bond acceptors (Lipinski definition) is 5. The number of anilines is 1. The smallest absolute Gasteiger partial charge is 0.262 e. The van der Waals surface area contributed by atoms with Crippen molar-refractivity contribution in [3.05, 3.63) is 52.5 Å². The van der Waals surface area contributed by atoms with Crippen LogP contribution in [0, 0.1) is 6.92 Å². The number of ether oxygens (including phenoxy) is 3. The molecule has 0 saturated heterocycles. The molecule has 7 heteroatoms. The zero-order chi connectivity index (χ0) is 23.2. The Balaban J connectivity index is 1.86. The number of aryl methyl sites for hydroxylation is 1. The standard InChI is InChI=1S/C25H35ClN2O4/c1-4-6-13-30-14-7-12-27-17-20-15-23(31-5-2)24(16-22(20)26)32-18-25(29)28-21-10-8-19(3)9-11-21/h8-11,15-16,27H,4-7,12-14,17-18H2,1-3H3,(H,28,29). The Bertz CT molecular complexity index is 827. The van der Waals surface area contributed by atoms with Gasteiger partial charge in [-0.15, -0.1) is 0 Å². The van der Waals surface area contributed by atoms with Gasteiger partial charge in [0.05, 0.1) is 6.61 Å². The number of unbranched alkanes of at least 4 members (excludes halogenated alkanes) is 1. The first kappa shape index (κ1) is 26.0. The van der Waals surface area contributed by atoms with Crippen molar-refractivity contribution in [3.8, 4) is 11.5 Å². The highest BCUT2D eigenvalue weighted by atomic mass is 35.5. The lowest BCUT2D eigenvalue weighted by Gasteiger charge is -2.15. The minimum atomic E-state index is -0.251. The second-order valence-electron chi connectivity index (χ2n) is 7.52. The Kier molecular flexibility index (Phi) is 11.9. The molecule has 6 nitrogen and oxygen atoms in total. The maximum absolute atomic E-state index is 12.2. The lowest BCUT2D eigenvalue weighted by molar-refractivity contribution is -0.118. The van der Waals surface area contributed by atoms with E-state index >= 15 is 0 Å². The molecule has 2 aromatic carbocycles. The van der Waals surface area contributed by atoms with Gasteiger partial charge >= 0.3 is 0 Å². The molecule has 2 rings (SSSR count). The van der Waals surface area contributed by atoms with E-state index in [1.165, 1.54) is 0 Å². The summed E-state index contributed by atoms with van der Waals surface area (Å²) >= 11 is 6.46. The van der Waals surface area contributed by atoms with E-state index in [2.05, 4.69) is 17.6 Å². The van der Waals surface area contributed by atoms with Crippen LogP contribution in [0.25, 0.3) is 0 Å². The number of rotatable bonds is 15. The molecule has 0 aliphatic carbocycles. The second kappa shape index (κ2) is 14.7. The van der Waals surface area contributed by atoms with Gasteiger partial charge in [0.25, 0.3) is 5.91 Å². The number of benzene rings is 2. The van der Waals surface area contributed by atoms with E-state index in [4.69, 9.17) is 25.8 Å². The first-order chi connectivity index (χ1) is 15.5. The molecule has 0 radical (unpaired) electrons. The van der Waals surface area contributed by atoms with Crippen LogP contribution < -0.4 is 20.1 Å². The Morgan fingerprint density at radius 1 is 1.00 bits per heavy atom. The van der Waals surface area contributed by atoms with Crippen molar-refractivity contribution < 1.29 is 19.0 Å². The molecule has 0 spiro atoms. The van der Waals surface area contributed by atoms with Gasteiger partial charge in [-0.05, 0) is 57.0 Å². The normalized spacial score (nSPS) is 10.8. The third kappa shape index (κ3) is 9.47. The zero-order valence-corrected chi connectivity index (χ0v) is 20.1. The summed E-state index contributed by atoms with van der Waals surface area (Å²) in [7, 11) is 0. The van der Waals surface area contributed by atoms with Gasteiger partial charge in [-0.3, -0.25) is 4.79 Å². The fourth-order valence-corrected chi connectivity index (χ4v) is 3.16. The van der Waals surface area contributed by atoms with Gasteiger partial charge in [0.2, 0.25) is 0 Å². The average molecular weight is 463 g/mol. The Hall–Kier alpha value is -2.28. The molecule has 1 amide bonds. The summed E-state index contributed by atoms with van der Waals surface area (Å²) in [6.45, 7) is 9.42. The molecular formula is C25H35ClN2O4. The van der Waals surface area contributed by atoms with Gasteiger partial charge in [0, 0.05) is 36.5 Å². The van der Waals surface area contributed by atoms with E-state index in [9.17, 15) is 4.79 Å². The van der Waals surface area contributed by atoms with Crippen LogP contribution in [-0.4, -0.2) is 38.9 Å². The fourth-order valence-electron chi connectivity index (χ4n) is 2.94. The van der Waals surface area contributed by atoms with Crippen LogP contribution >= 0.6 is 11.6 Å². The molecule has 0 aromatic heterocycles. The minimum Gasteiger partial charge on any atom is -0.490 e. The van der Waals surface area contributed by atoms with Crippen LogP contribution in [0.1, 0.15) is 44.2 Å². The van der Waals surface area contributed by atoms with Gasteiger partial charge in [-0.25, -0.2) is 0 Å². The molecule has 0 saturated carbocycles. The monoisotopic (exact) mass is 462 g/mol. The molecule has 2 aromatic rings. The highest BCUT2D eigenvalue weighted by molar-refractivity contribution is 6.31.